The summed E-state index contributed by atoms with van der Waals surface area (Å²) >= 11 is 0. The predicted octanol–water partition coefficient (Wildman–Crippen LogP) is 1.11. The normalized spacial score (nSPS) is 13.7. The van der Waals surface area contributed by atoms with Crippen LogP contribution in [0.3, 0.4) is 0 Å². The van der Waals surface area contributed by atoms with E-state index in [-0.39, 0.29) is 17.4 Å². The Morgan fingerprint density at radius 3 is 2.67 bits per heavy atom. The number of rotatable bonds is 5. The van der Waals surface area contributed by atoms with Gasteiger partial charge >= 0.3 is 0 Å². The lowest BCUT2D eigenvalue weighted by Gasteiger charge is -2.20. The smallest absolute Gasteiger partial charge is 0.243 e. The van der Waals surface area contributed by atoms with Crippen molar-refractivity contribution in [1.29, 1.82) is 0 Å². The minimum absolute atomic E-state index is 0.0298. The zero-order chi connectivity index (χ0) is 15.6. The summed E-state index contributed by atoms with van der Waals surface area (Å²) in [7, 11) is -3.79. The molecule has 114 valence electrons. The molecule has 1 heterocycles. The van der Waals surface area contributed by atoms with Crippen LogP contribution in [0.15, 0.2) is 35.4 Å². The molecule has 0 radical (unpaired) electrons. The number of anilines is 1. The number of nitrogens with one attached hydrogen (secondary N) is 1. The van der Waals surface area contributed by atoms with Gasteiger partial charge in [0.1, 0.15) is 4.90 Å². The van der Waals surface area contributed by atoms with Crippen LogP contribution >= 0.6 is 0 Å². The minimum Gasteiger partial charge on any atom is -0.398 e. The van der Waals surface area contributed by atoms with Gasteiger partial charge in [0.15, 0.2) is 0 Å². The van der Waals surface area contributed by atoms with Crippen molar-refractivity contribution in [3.05, 3.63) is 30.5 Å². The van der Waals surface area contributed by atoms with Crippen LogP contribution in [0.4, 0.5) is 5.69 Å². The van der Waals surface area contributed by atoms with Crippen LogP contribution in [-0.2, 0) is 10.0 Å². The Bertz CT molecular complexity index is 744. The number of pyridine rings is 1. The number of benzene rings is 1. The van der Waals surface area contributed by atoms with Gasteiger partial charge in [0.05, 0.1) is 12.1 Å². The van der Waals surface area contributed by atoms with Crippen molar-refractivity contribution in [2.45, 2.75) is 24.8 Å². The molecule has 0 fully saturated rings. The van der Waals surface area contributed by atoms with Crippen molar-refractivity contribution >= 4 is 26.6 Å². The summed E-state index contributed by atoms with van der Waals surface area (Å²) < 4.78 is 27.6. The van der Waals surface area contributed by atoms with Crippen LogP contribution in [0, 0.1) is 5.92 Å². The summed E-state index contributed by atoms with van der Waals surface area (Å²) in [4.78, 5) is 4.19. The molecule has 0 aliphatic heterocycles. The Morgan fingerprint density at radius 2 is 2.05 bits per heavy atom. The molecule has 6 nitrogen and oxygen atoms in total. The van der Waals surface area contributed by atoms with Crippen molar-refractivity contribution in [1.82, 2.24) is 9.71 Å². The maximum Gasteiger partial charge on any atom is 0.243 e. The van der Waals surface area contributed by atoms with E-state index in [0.29, 0.717) is 16.6 Å². The largest absolute Gasteiger partial charge is 0.398 e. The third-order valence-electron chi connectivity index (χ3n) is 3.36. The summed E-state index contributed by atoms with van der Waals surface area (Å²) in [5.74, 6) is -0.0298. The fraction of sp³-hybridized carbons (Fsp3) is 0.357. The maximum atomic E-state index is 12.5. The lowest BCUT2D eigenvalue weighted by molar-refractivity contribution is 0.228. The van der Waals surface area contributed by atoms with Gasteiger partial charge in [0.25, 0.3) is 0 Å². The van der Waals surface area contributed by atoms with E-state index in [4.69, 9.17) is 5.73 Å². The second-order valence-corrected chi connectivity index (χ2v) is 6.89. The fourth-order valence-electron chi connectivity index (χ4n) is 2.03. The first-order valence-corrected chi connectivity index (χ1v) is 8.11. The van der Waals surface area contributed by atoms with E-state index < -0.39 is 16.1 Å². The van der Waals surface area contributed by atoms with Gasteiger partial charge < -0.3 is 10.8 Å². The molecule has 0 spiro atoms. The van der Waals surface area contributed by atoms with Crippen LogP contribution in [0.2, 0.25) is 0 Å². The van der Waals surface area contributed by atoms with Crippen molar-refractivity contribution in [2.24, 2.45) is 5.92 Å². The molecule has 2 aromatic rings. The van der Waals surface area contributed by atoms with E-state index in [1.807, 2.05) is 13.8 Å². The Balaban J connectivity index is 2.53. The van der Waals surface area contributed by atoms with Gasteiger partial charge in [-0.15, -0.1) is 0 Å². The minimum atomic E-state index is -3.79. The van der Waals surface area contributed by atoms with Crippen molar-refractivity contribution in [2.75, 3.05) is 12.3 Å². The first-order chi connectivity index (χ1) is 9.86. The maximum absolute atomic E-state index is 12.5. The van der Waals surface area contributed by atoms with Crippen LogP contribution in [0.1, 0.15) is 13.8 Å². The fourth-order valence-corrected chi connectivity index (χ4v) is 3.57. The van der Waals surface area contributed by atoms with E-state index >= 15 is 0 Å². The molecule has 1 aromatic heterocycles. The van der Waals surface area contributed by atoms with Gasteiger partial charge in [-0.2, -0.15) is 0 Å². The highest BCUT2D eigenvalue weighted by atomic mass is 32.2. The van der Waals surface area contributed by atoms with E-state index in [2.05, 4.69) is 9.71 Å². The van der Waals surface area contributed by atoms with E-state index in [0.717, 1.165) is 0 Å². The summed E-state index contributed by atoms with van der Waals surface area (Å²) in [6, 6.07) is 5.85. The molecule has 2 rings (SSSR count). The second kappa shape index (κ2) is 5.97. The Kier molecular flexibility index (Phi) is 4.46. The molecule has 7 heteroatoms. The second-order valence-electron chi connectivity index (χ2n) is 5.21. The van der Waals surface area contributed by atoms with Gasteiger partial charge in [-0.3, -0.25) is 4.98 Å². The number of nitrogen functional groups attached to an aromatic ring is 1. The molecule has 0 saturated heterocycles. The Morgan fingerprint density at radius 1 is 1.33 bits per heavy atom. The number of fused-ring (bicyclic) bond motifs is 1. The topological polar surface area (TPSA) is 105 Å². The number of nitrogens with zero attached hydrogens (tertiary/aromatic N) is 1. The number of hydrogen-bond acceptors (Lipinski definition) is 5. The molecule has 0 bridgehead atoms. The Hall–Kier alpha value is -1.70. The molecule has 21 heavy (non-hydrogen) atoms. The molecule has 1 atom stereocenters. The number of aromatic nitrogens is 1. The zero-order valence-electron chi connectivity index (χ0n) is 11.9. The molecule has 0 amide bonds. The summed E-state index contributed by atoms with van der Waals surface area (Å²) in [5.41, 5.74) is 6.65. The van der Waals surface area contributed by atoms with Gasteiger partial charge in [0, 0.05) is 23.3 Å². The lowest BCUT2D eigenvalue weighted by atomic mass is 10.1. The first kappa shape index (κ1) is 15.7. The zero-order valence-corrected chi connectivity index (χ0v) is 12.8. The SMILES string of the molecule is CC(C)[C@@H](CO)NS(=O)(=O)c1ccc(N)c2cccnc12. The van der Waals surface area contributed by atoms with Gasteiger partial charge in [-0.05, 0) is 30.2 Å². The Labute approximate surface area is 124 Å². The third kappa shape index (κ3) is 3.15. The van der Waals surface area contributed by atoms with Gasteiger partial charge in [-0.1, -0.05) is 13.8 Å². The van der Waals surface area contributed by atoms with Crippen LogP contribution < -0.4 is 10.5 Å². The average molecular weight is 309 g/mol. The van der Waals surface area contributed by atoms with Crippen molar-refractivity contribution < 1.29 is 13.5 Å². The third-order valence-corrected chi connectivity index (χ3v) is 4.89. The summed E-state index contributed by atoms with van der Waals surface area (Å²) in [6.07, 6.45) is 1.52. The lowest BCUT2D eigenvalue weighted by Crippen LogP contribution is -2.41. The number of sulfonamides is 1. The predicted molar refractivity (Wildman–Crippen MR) is 82.2 cm³/mol. The molecule has 4 N–H and O–H groups in total. The number of aliphatic hydroxyl groups excluding tert-OH is 1. The average Bonchev–Trinajstić information content (AvgIpc) is 2.45. The molecular weight excluding hydrogens is 290 g/mol. The van der Waals surface area contributed by atoms with Crippen LogP contribution in [-0.4, -0.2) is 31.2 Å². The standard InChI is InChI=1S/C14H19N3O3S/c1-9(2)12(8-18)17-21(19,20)13-6-5-11(15)10-4-3-7-16-14(10)13/h3-7,9,12,17-18H,8,15H2,1-2H3/t12-/m1/s1. The molecule has 0 aliphatic rings. The quantitative estimate of drug-likeness (QED) is 0.718. The molecule has 0 saturated carbocycles. The summed E-state index contributed by atoms with van der Waals surface area (Å²) in [6.45, 7) is 3.41. The highest BCUT2D eigenvalue weighted by molar-refractivity contribution is 7.89. The number of hydrogen-bond donors (Lipinski definition) is 3. The van der Waals surface area contributed by atoms with Crippen LogP contribution in [0.25, 0.3) is 10.9 Å². The number of aliphatic hydroxyl groups is 1. The highest BCUT2D eigenvalue weighted by Crippen LogP contribution is 2.26. The molecule has 1 aromatic carbocycles. The molecule has 0 aliphatic carbocycles. The van der Waals surface area contributed by atoms with Crippen molar-refractivity contribution in [3.63, 3.8) is 0 Å². The highest BCUT2D eigenvalue weighted by Gasteiger charge is 2.24. The monoisotopic (exact) mass is 309 g/mol. The van der Waals surface area contributed by atoms with E-state index in [9.17, 15) is 13.5 Å². The number of nitrogens with two attached hydrogens (primary N) is 1. The van der Waals surface area contributed by atoms with E-state index in [1.165, 1.54) is 12.3 Å². The molecular formula is C14H19N3O3S. The summed E-state index contributed by atoms with van der Waals surface area (Å²) in [5, 5.41) is 9.89. The van der Waals surface area contributed by atoms with Gasteiger partial charge in [-0.25, -0.2) is 13.1 Å². The van der Waals surface area contributed by atoms with Crippen LogP contribution in [0.5, 0.6) is 0 Å². The molecule has 0 unspecified atom stereocenters. The first-order valence-electron chi connectivity index (χ1n) is 6.63. The van der Waals surface area contributed by atoms with Gasteiger partial charge in [0.2, 0.25) is 10.0 Å². The van der Waals surface area contributed by atoms with E-state index in [1.54, 1.807) is 18.2 Å². The van der Waals surface area contributed by atoms with Crippen molar-refractivity contribution in [3.8, 4) is 0 Å².